The average molecular weight is 431 g/mol. The van der Waals surface area contributed by atoms with Crippen LogP contribution in [-0.2, 0) is 16.1 Å². The first-order valence-corrected chi connectivity index (χ1v) is 8.27. The van der Waals surface area contributed by atoms with E-state index in [9.17, 15) is 4.79 Å². The standard InChI is InChI=1S/C19H30NO2.HI/c1-5-8-14-20(7-3,15-17(4)22-19(21)6-2)16-18-12-10-9-11-13-18;/h6,9-13,17H,2,5,7-8,14-16H2,1,3-4H3;1H/q+1;/p-1. The lowest BCUT2D eigenvalue weighted by atomic mass is 10.1. The lowest BCUT2D eigenvalue weighted by Gasteiger charge is -2.39. The van der Waals surface area contributed by atoms with E-state index >= 15 is 0 Å². The smallest absolute Gasteiger partial charge is 0.330 e. The molecule has 130 valence electrons. The van der Waals surface area contributed by atoms with Crippen molar-refractivity contribution in [2.24, 2.45) is 0 Å². The van der Waals surface area contributed by atoms with Crippen molar-refractivity contribution in [1.29, 1.82) is 0 Å². The molecule has 0 saturated carbocycles. The zero-order chi connectivity index (χ0) is 16.4. The molecule has 0 aliphatic heterocycles. The summed E-state index contributed by atoms with van der Waals surface area (Å²) < 4.78 is 6.35. The number of ether oxygens (including phenoxy) is 1. The van der Waals surface area contributed by atoms with Crippen LogP contribution in [0.2, 0.25) is 0 Å². The summed E-state index contributed by atoms with van der Waals surface area (Å²) in [6.07, 6.45) is 3.49. The second kappa shape index (κ2) is 11.6. The molecule has 0 aliphatic carbocycles. The van der Waals surface area contributed by atoms with Gasteiger partial charge < -0.3 is 33.2 Å². The Kier molecular flexibility index (Phi) is 11.2. The van der Waals surface area contributed by atoms with Crippen LogP contribution in [0.15, 0.2) is 43.0 Å². The Hall–Kier alpha value is -0.880. The number of esters is 1. The van der Waals surface area contributed by atoms with Gasteiger partial charge in [-0.15, -0.1) is 0 Å². The largest absolute Gasteiger partial charge is 1.00 e. The monoisotopic (exact) mass is 431 g/mol. The van der Waals surface area contributed by atoms with Crippen molar-refractivity contribution >= 4 is 5.97 Å². The van der Waals surface area contributed by atoms with Crippen molar-refractivity contribution in [1.82, 2.24) is 0 Å². The Labute approximate surface area is 158 Å². The first kappa shape index (κ1) is 22.1. The number of rotatable bonds is 10. The van der Waals surface area contributed by atoms with Crippen molar-refractivity contribution in [3.63, 3.8) is 0 Å². The quantitative estimate of drug-likeness (QED) is 0.239. The highest BCUT2D eigenvalue weighted by atomic mass is 127. The summed E-state index contributed by atoms with van der Waals surface area (Å²) in [7, 11) is 0. The van der Waals surface area contributed by atoms with Crippen LogP contribution in [0.1, 0.15) is 39.2 Å². The second-order valence-corrected chi connectivity index (χ2v) is 6.01. The fourth-order valence-electron chi connectivity index (χ4n) is 2.93. The van der Waals surface area contributed by atoms with Crippen molar-refractivity contribution in [3.8, 4) is 0 Å². The summed E-state index contributed by atoms with van der Waals surface area (Å²) in [5, 5.41) is 0. The SMILES string of the molecule is C=CC(=O)OC(C)C[N+](CC)(CCCC)Cc1ccccc1.[I-]. The molecule has 0 spiro atoms. The minimum atomic E-state index is -0.336. The maximum Gasteiger partial charge on any atom is 0.330 e. The fourth-order valence-corrected chi connectivity index (χ4v) is 2.93. The van der Waals surface area contributed by atoms with Crippen LogP contribution in [0, 0.1) is 0 Å². The van der Waals surface area contributed by atoms with E-state index in [1.807, 2.05) is 13.0 Å². The average Bonchev–Trinajstić information content (AvgIpc) is 2.53. The number of hydrogen-bond donors (Lipinski definition) is 0. The van der Waals surface area contributed by atoms with Gasteiger partial charge in [-0.25, -0.2) is 4.79 Å². The molecule has 1 rings (SSSR count). The van der Waals surface area contributed by atoms with E-state index in [1.165, 1.54) is 24.5 Å². The van der Waals surface area contributed by atoms with Crippen molar-refractivity contribution in [2.75, 3.05) is 19.6 Å². The highest BCUT2D eigenvalue weighted by Crippen LogP contribution is 2.18. The Balaban J connectivity index is 0.00000484. The molecule has 4 heteroatoms. The third-order valence-electron chi connectivity index (χ3n) is 4.15. The molecule has 3 nitrogen and oxygen atoms in total. The molecule has 0 aliphatic rings. The minimum Gasteiger partial charge on any atom is -1.00 e. The number of quaternary nitrogens is 1. The zero-order valence-corrected chi connectivity index (χ0v) is 16.8. The lowest BCUT2D eigenvalue weighted by Crippen LogP contribution is -3.00. The van der Waals surface area contributed by atoms with Crippen molar-refractivity contribution in [3.05, 3.63) is 48.6 Å². The van der Waals surface area contributed by atoms with Gasteiger partial charge in [0.2, 0.25) is 0 Å². The summed E-state index contributed by atoms with van der Waals surface area (Å²) in [5.41, 5.74) is 1.34. The first-order valence-electron chi connectivity index (χ1n) is 8.27. The van der Waals surface area contributed by atoms with E-state index in [0.29, 0.717) is 0 Å². The van der Waals surface area contributed by atoms with Crippen LogP contribution >= 0.6 is 0 Å². The van der Waals surface area contributed by atoms with Crippen LogP contribution < -0.4 is 24.0 Å². The highest BCUT2D eigenvalue weighted by molar-refractivity contribution is 5.81. The summed E-state index contributed by atoms with van der Waals surface area (Å²) in [6.45, 7) is 13.8. The van der Waals surface area contributed by atoms with E-state index < -0.39 is 0 Å². The highest BCUT2D eigenvalue weighted by Gasteiger charge is 2.29. The number of carbonyl (C=O) groups excluding carboxylic acids is 1. The van der Waals surface area contributed by atoms with E-state index in [4.69, 9.17) is 4.74 Å². The number of likely N-dealkylation sites (N-methyl/N-ethyl adjacent to an activating group) is 1. The molecule has 0 saturated heterocycles. The molecule has 0 amide bonds. The summed E-state index contributed by atoms with van der Waals surface area (Å²) in [6, 6.07) is 10.6. The van der Waals surface area contributed by atoms with Gasteiger partial charge in [-0.2, -0.15) is 0 Å². The molecule has 0 bridgehead atoms. The molecule has 2 unspecified atom stereocenters. The Morgan fingerprint density at radius 3 is 2.48 bits per heavy atom. The zero-order valence-electron chi connectivity index (χ0n) is 14.6. The molecule has 0 heterocycles. The number of unbranched alkanes of at least 4 members (excludes halogenated alkanes) is 1. The van der Waals surface area contributed by atoms with Gasteiger partial charge in [0.25, 0.3) is 0 Å². The number of halogens is 1. The molecule has 2 atom stereocenters. The van der Waals surface area contributed by atoms with Crippen LogP contribution in [0.25, 0.3) is 0 Å². The molecule has 0 radical (unpaired) electrons. The van der Waals surface area contributed by atoms with E-state index in [0.717, 1.165) is 30.7 Å². The number of carbonyl (C=O) groups is 1. The van der Waals surface area contributed by atoms with Gasteiger partial charge in [0, 0.05) is 11.6 Å². The fraction of sp³-hybridized carbons (Fsp3) is 0.526. The molecule has 1 aromatic carbocycles. The second-order valence-electron chi connectivity index (χ2n) is 6.01. The number of hydrogen-bond acceptors (Lipinski definition) is 2. The molecule has 23 heavy (non-hydrogen) atoms. The molecular weight excluding hydrogens is 401 g/mol. The van der Waals surface area contributed by atoms with Gasteiger partial charge in [-0.1, -0.05) is 50.3 Å². The number of nitrogens with zero attached hydrogens (tertiary/aromatic N) is 1. The normalized spacial score (nSPS) is 14.2. The van der Waals surface area contributed by atoms with E-state index in [1.54, 1.807) is 0 Å². The third kappa shape index (κ3) is 7.97. The van der Waals surface area contributed by atoms with Gasteiger partial charge in [0.05, 0.1) is 13.1 Å². The van der Waals surface area contributed by atoms with Gasteiger partial charge in [0.1, 0.15) is 19.2 Å². The third-order valence-corrected chi connectivity index (χ3v) is 4.15. The van der Waals surface area contributed by atoms with E-state index in [2.05, 4.69) is 44.7 Å². The van der Waals surface area contributed by atoms with Gasteiger partial charge >= 0.3 is 5.97 Å². The first-order chi connectivity index (χ1) is 10.5. The summed E-state index contributed by atoms with van der Waals surface area (Å²) in [5.74, 6) is -0.336. The Morgan fingerprint density at radius 2 is 1.96 bits per heavy atom. The van der Waals surface area contributed by atoms with Crippen LogP contribution in [0.4, 0.5) is 0 Å². The molecule has 0 N–H and O–H groups in total. The predicted octanol–water partition coefficient (Wildman–Crippen LogP) is 0.945. The predicted molar refractivity (Wildman–Crippen MR) is 91.3 cm³/mol. The van der Waals surface area contributed by atoms with Crippen LogP contribution in [-0.4, -0.2) is 36.2 Å². The van der Waals surface area contributed by atoms with Gasteiger partial charge in [-0.05, 0) is 20.3 Å². The Bertz CT molecular complexity index is 464. The molecule has 0 aromatic heterocycles. The summed E-state index contributed by atoms with van der Waals surface area (Å²) in [4.78, 5) is 11.4. The maximum atomic E-state index is 11.4. The topological polar surface area (TPSA) is 26.3 Å². The molecule has 0 fully saturated rings. The lowest BCUT2D eigenvalue weighted by molar-refractivity contribution is -0.941. The van der Waals surface area contributed by atoms with Crippen LogP contribution in [0.5, 0.6) is 0 Å². The van der Waals surface area contributed by atoms with Gasteiger partial charge in [0.15, 0.2) is 0 Å². The molecule has 1 aromatic rings. The minimum absolute atomic E-state index is 0. The van der Waals surface area contributed by atoms with Crippen LogP contribution in [0.3, 0.4) is 0 Å². The van der Waals surface area contributed by atoms with E-state index in [-0.39, 0.29) is 36.0 Å². The number of benzene rings is 1. The molecular formula is C19H30INO2. The maximum absolute atomic E-state index is 11.4. The van der Waals surface area contributed by atoms with Crippen molar-refractivity contribution < 1.29 is 38.0 Å². The van der Waals surface area contributed by atoms with Gasteiger partial charge in [-0.3, -0.25) is 0 Å². The Morgan fingerprint density at radius 1 is 1.30 bits per heavy atom. The van der Waals surface area contributed by atoms with Crippen molar-refractivity contribution in [2.45, 2.75) is 46.3 Å². The summed E-state index contributed by atoms with van der Waals surface area (Å²) >= 11 is 0.